The highest BCUT2D eigenvalue weighted by atomic mass is 32.2. The molecule has 0 aromatic heterocycles. The normalized spacial score (nSPS) is 16.2. The van der Waals surface area contributed by atoms with Crippen LogP contribution >= 0.6 is 0 Å². The Kier molecular flexibility index (Phi) is 5.84. The van der Waals surface area contributed by atoms with Crippen molar-refractivity contribution in [3.63, 3.8) is 0 Å². The van der Waals surface area contributed by atoms with Crippen LogP contribution in [-0.2, 0) is 10.0 Å². The highest BCUT2D eigenvalue weighted by molar-refractivity contribution is 7.89. The number of carbonyl (C=O) groups is 1. The maximum absolute atomic E-state index is 12.2. The first kappa shape index (κ1) is 17.6. The van der Waals surface area contributed by atoms with Crippen LogP contribution in [0.25, 0.3) is 0 Å². The second-order valence-corrected chi connectivity index (χ2v) is 7.43. The van der Waals surface area contributed by atoms with E-state index >= 15 is 0 Å². The molecule has 0 spiro atoms. The van der Waals surface area contributed by atoms with E-state index in [9.17, 15) is 13.2 Å². The average molecular weight is 341 g/mol. The molecule has 1 aromatic rings. The lowest BCUT2D eigenvalue weighted by Crippen LogP contribution is -2.51. The highest BCUT2D eigenvalue weighted by Crippen LogP contribution is 2.16. The van der Waals surface area contributed by atoms with Crippen molar-refractivity contribution in [2.75, 3.05) is 43.9 Å². The monoisotopic (exact) mass is 341 g/mol. The molecule has 1 N–H and O–H groups in total. The van der Waals surface area contributed by atoms with Gasteiger partial charge in [-0.3, -0.25) is 0 Å². The molecule has 128 valence electrons. The fourth-order valence-corrected chi connectivity index (χ4v) is 3.44. The lowest BCUT2D eigenvalue weighted by Gasteiger charge is -2.33. The van der Waals surface area contributed by atoms with E-state index in [0.29, 0.717) is 38.5 Å². The van der Waals surface area contributed by atoms with E-state index in [1.54, 1.807) is 36.1 Å². The van der Waals surface area contributed by atoms with E-state index in [-0.39, 0.29) is 11.8 Å². The summed E-state index contributed by atoms with van der Waals surface area (Å²) in [5.74, 6) is 0.842. The van der Waals surface area contributed by atoms with Crippen molar-refractivity contribution in [2.24, 2.45) is 0 Å². The largest absolute Gasteiger partial charge is 0.494 e. The Hall–Kier alpha value is -1.80. The average Bonchev–Trinajstić information content (AvgIpc) is 2.57. The molecular formula is C15H23N3O4S. The van der Waals surface area contributed by atoms with E-state index in [4.69, 9.17) is 4.74 Å². The van der Waals surface area contributed by atoms with E-state index in [1.165, 1.54) is 4.31 Å². The zero-order chi connectivity index (χ0) is 16.9. The van der Waals surface area contributed by atoms with E-state index in [2.05, 4.69) is 5.32 Å². The van der Waals surface area contributed by atoms with Crippen molar-refractivity contribution in [3.8, 4) is 5.75 Å². The van der Waals surface area contributed by atoms with E-state index in [0.717, 1.165) is 5.75 Å². The summed E-state index contributed by atoms with van der Waals surface area (Å²) in [6.07, 6.45) is 0. The predicted octanol–water partition coefficient (Wildman–Crippen LogP) is 1.58. The Morgan fingerprint density at radius 3 is 2.26 bits per heavy atom. The Morgan fingerprint density at radius 1 is 1.13 bits per heavy atom. The number of rotatable bonds is 5. The Labute approximate surface area is 137 Å². The van der Waals surface area contributed by atoms with Gasteiger partial charge in [0.2, 0.25) is 10.0 Å². The van der Waals surface area contributed by atoms with Crippen molar-refractivity contribution >= 4 is 21.7 Å². The van der Waals surface area contributed by atoms with E-state index < -0.39 is 10.0 Å². The van der Waals surface area contributed by atoms with Gasteiger partial charge in [0.05, 0.1) is 12.4 Å². The number of urea groups is 1. The van der Waals surface area contributed by atoms with Gasteiger partial charge in [0.25, 0.3) is 0 Å². The van der Waals surface area contributed by atoms with Gasteiger partial charge in [-0.15, -0.1) is 0 Å². The molecule has 1 aromatic carbocycles. The molecule has 1 saturated heterocycles. The summed E-state index contributed by atoms with van der Waals surface area (Å²) >= 11 is 0. The second kappa shape index (κ2) is 7.65. The van der Waals surface area contributed by atoms with Gasteiger partial charge < -0.3 is 15.0 Å². The van der Waals surface area contributed by atoms with Gasteiger partial charge in [-0.05, 0) is 38.1 Å². The maximum Gasteiger partial charge on any atom is 0.321 e. The minimum absolute atomic E-state index is 0.0887. The summed E-state index contributed by atoms with van der Waals surface area (Å²) in [5.41, 5.74) is 0.682. The van der Waals surface area contributed by atoms with Gasteiger partial charge in [-0.1, -0.05) is 0 Å². The van der Waals surface area contributed by atoms with Crippen LogP contribution in [0, 0.1) is 0 Å². The summed E-state index contributed by atoms with van der Waals surface area (Å²) < 4.78 is 30.4. The summed E-state index contributed by atoms with van der Waals surface area (Å²) in [5, 5.41) is 2.81. The SMILES string of the molecule is CCOc1ccc(NC(=O)N2CCN(S(=O)(=O)CC)CC2)cc1. The van der Waals surface area contributed by atoms with Crippen LogP contribution in [0.1, 0.15) is 13.8 Å². The zero-order valence-corrected chi connectivity index (χ0v) is 14.3. The van der Waals surface area contributed by atoms with Crippen LogP contribution in [0.5, 0.6) is 5.75 Å². The quantitative estimate of drug-likeness (QED) is 0.882. The van der Waals surface area contributed by atoms with Crippen LogP contribution in [-0.4, -0.2) is 62.2 Å². The third-order valence-corrected chi connectivity index (χ3v) is 5.58. The lowest BCUT2D eigenvalue weighted by molar-refractivity contribution is 0.184. The Morgan fingerprint density at radius 2 is 1.74 bits per heavy atom. The first-order valence-electron chi connectivity index (χ1n) is 7.73. The third-order valence-electron chi connectivity index (χ3n) is 3.70. The van der Waals surface area contributed by atoms with E-state index in [1.807, 2.05) is 6.92 Å². The number of anilines is 1. The number of carbonyl (C=O) groups excluding carboxylic acids is 1. The molecule has 2 amide bonds. The standard InChI is InChI=1S/C15H23N3O4S/c1-3-22-14-7-5-13(6-8-14)16-15(19)17-9-11-18(12-10-17)23(20,21)4-2/h5-8H,3-4,9-12H2,1-2H3,(H,16,19). The van der Waals surface area contributed by atoms with Crippen molar-refractivity contribution in [2.45, 2.75) is 13.8 Å². The molecule has 2 rings (SSSR count). The fraction of sp³-hybridized carbons (Fsp3) is 0.533. The molecule has 0 aliphatic carbocycles. The van der Waals surface area contributed by atoms with Gasteiger partial charge in [0, 0.05) is 31.9 Å². The molecule has 0 unspecified atom stereocenters. The van der Waals surface area contributed by atoms with Crippen LogP contribution in [0.4, 0.5) is 10.5 Å². The minimum Gasteiger partial charge on any atom is -0.494 e. The Bertz CT molecular complexity index is 623. The summed E-state index contributed by atoms with van der Waals surface area (Å²) in [6, 6.07) is 6.93. The molecule has 1 aliphatic heterocycles. The molecule has 1 heterocycles. The van der Waals surface area contributed by atoms with Gasteiger partial charge in [0.1, 0.15) is 5.75 Å². The summed E-state index contributed by atoms with van der Waals surface area (Å²) in [6.45, 7) is 5.59. The molecule has 1 fully saturated rings. The van der Waals surface area contributed by atoms with Crippen molar-refractivity contribution in [1.82, 2.24) is 9.21 Å². The predicted molar refractivity (Wildman–Crippen MR) is 89.2 cm³/mol. The van der Waals surface area contributed by atoms with Crippen molar-refractivity contribution < 1.29 is 17.9 Å². The molecular weight excluding hydrogens is 318 g/mol. The topological polar surface area (TPSA) is 79.0 Å². The number of nitrogens with one attached hydrogen (secondary N) is 1. The second-order valence-electron chi connectivity index (χ2n) is 5.17. The van der Waals surface area contributed by atoms with Crippen LogP contribution in [0.15, 0.2) is 24.3 Å². The molecule has 7 nitrogen and oxygen atoms in total. The van der Waals surface area contributed by atoms with Gasteiger partial charge in [-0.25, -0.2) is 13.2 Å². The molecule has 0 bridgehead atoms. The molecule has 0 atom stereocenters. The first-order valence-corrected chi connectivity index (χ1v) is 9.33. The number of ether oxygens (including phenoxy) is 1. The number of nitrogens with zero attached hydrogens (tertiary/aromatic N) is 2. The van der Waals surface area contributed by atoms with Gasteiger partial charge in [0.15, 0.2) is 0 Å². The summed E-state index contributed by atoms with van der Waals surface area (Å²) in [7, 11) is -3.18. The first-order chi connectivity index (χ1) is 11.0. The number of amides is 2. The molecule has 23 heavy (non-hydrogen) atoms. The molecule has 1 aliphatic rings. The molecule has 0 radical (unpaired) electrons. The maximum atomic E-state index is 12.2. The number of benzene rings is 1. The summed E-state index contributed by atoms with van der Waals surface area (Å²) in [4.78, 5) is 13.8. The van der Waals surface area contributed by atoms with Gasteiger partial charge >= 0.3 is 6.03 Å². The molecule has 8 heteroatoms. The zero-order valence-electron chi connectivity index (χ0n) is 13.5. The Balaban J connectivity index is 1.88. The molecule has 0 saturated carbocycles. The minimum atomic E-state index is -3.18. The fourth-order valence-electron chi connectivity index (χ4n) is 2.36. The number of hydrogen-bond donors (Lipinski definition) is 1. The highest BCUT2D eigenvalue weighted by Gasteiger charge is 2.27. The third kappa shape index (κ3) is 4.59. The smallest absolute Gasteiger partial charge is 0.321 e. The number of sulfonamides is 1. The van der Waals surface area contributed by atoms with Gasteiger partial charge in [-0.2, -0.15) is 4.31 Å². The van der Waals surface area contributed by atoms with Crippen LogP contribution in [0.3, 0.4) is 0 Å². The van der Waals surface area contributed by atoms with Crippen LogP contribution in [0.2, 0.25) is 0 Å². The lowest BCUT2D eigenvalue weighted by atomic mass is 10.3. The number of piperazine rings is 1. The van der Waals surface area contributed by atoms with Crippen molar-refractivity contribution in [3.05, 3.63) is 24.3 Å². The van der Waals surface area contributed by atoms with Crippen LogP contribution < -0.4 is 10.1 Å². The number of hydrogen-bond acceptors (Lipinski definition) is 4. The van der Waals surface area contributed by atoms with Crippen molar-refractivity contribution in [1.29, 1.82) is 0 Å².